The van der Waals surface area contributed by atoms with Crippen molar-refractivity contribution in [3.63, 3.8) is 0 Å². The molecule has 2 aromatic heterocycles. The zero-order valence-corrected chi connectivity index (χ0v) is 23.3. The third kappa shape index (κ3) is 3.54. The number of nitrogens with zero attached hydrogens (tertiary/aromatic N) is 6. The average Bonchev–Trinajstić information content (AvgIpc) is 3.69. The molecule has 8 bridgehead atoms. The van der Waals surface area contributed by atoms with E-state index in [-0.39, 0.29) is 21.1 Å². The minimum absolute atomic E-state index is 0. The third-order valence-electron chi connectivity index (χ3n) is 8.31. The van der Waals surface area contributed by atoms with Gasteiger partial charge in [0, 0.05) is 60.3 Å². The fourth-order valence-electron chi connectivity index (χ4n) is 6.54. The Hall–Kier alpha value is -2.92. The van der Waals surface area contributed by atoms with Crippen molar-refractivity contribution < 1.29 is 21.1 Å². The molecule has 2 atom stereocenters. The summed E-state index contributed by atoms with van der Waals surface area (Å²) < 4.78 is 0. The van der Waals surface area contributed by atoms with Gasteiger partial charge in [0.15, 0.2) is 0 Å². The van der Waals surface area contributed by atoms with Crippen molar-refractivity contribution in [3.05, 3.63) is 107 Å². The summed E-state index contributed by atoms with van der Waals surface area (Å²) >= 11 is 0. The number of pyridine rings is 2. The summed E-state index contributed by atoms with van der Waals surface area (Å²) in [5, 5.41) is 0. The van der Waals surface area contributed by atoms with Crippen LogP contribution in [0.4, 0.5) is 11.6 Å². The topological polar surface area (TPSA) is 38.7 Å². The van der Waals surface area contributed by atoms with Crippen LogP contribution in [0.25, 0.3) is 11.1 Å². The normalized spacial score (nSPS) is 21.9. The zero-order valence-electron chi connectivity index (χ0n) is 21.0. The van der Waals surface area contributed by atoms with Crippen molar-refractivity contribution in [2.75, 3.05) is 48.9 Å². The Morgan fingerprint density at radius 2 is 0.974 bits per heavy atom. The molecule has 4 aromatic rings. The molecule has 0 N–H and O–H groups in total. The first-order chi connectivity index (χ1) is 18.3. The van der Waals surface area contributed by atoms with E-state index in [1.54, 1.807) is 0 Å². The number of anilines is 2. The van der Waals surface area contributed by atoms with Gasteiger partial charge >= 0.3 is 15.1 Å². The summed E-state index contributed by atoms with van der Waals surface area (Å²) in [7, 11) is 4.50. The van der Waals surface area contributed by atoms with E-state index < -0.39 is 5.41 Å². The first-order valence-corrected chi connectivity index (χ1v) is 13.2. The van der Waals surface area contributed by atoms with Crippen LogP contribution in [0.3, 0.4) is 0 Å². The minimum atomic E-state index is -0.599. The van der Waals surface area contributed by atoms with Crippen molar-refractivity contribution in [2.24, 2.45) is 0 Å². The van der Waals surface area contributed by atoms with Crippen LogP contribution in [0.2, 0.25) is 0 Å². The molecule has 6 nitrogen and oxygen atoms in total. The Morgan fingerprint density at radius 3 is 1.47 bits per heavy atom. The number of rotatable bonds is 0. The van der Waals surface area contributed by atoms with E-state index >= 15 is 0 Å². The summed E-state index contributed by atoms with van der Waals surface area (Å²) in [6, 6.07) is 30.5. The maximum atomic E-state index is 5.39. The Morgan fingerprint density at radius 1 is 0.526 bits per heavy atom. The van der Waals surface area contributed by atoms with Gasteiger partial charge in [-0.25, -0.2) is 9.97 Å². The molecule has 1 spiro atoms. The van der Waals surface area contributed by atoms with Crippen molar-refractivity contribution in [3.8, 4) is 11.1 Å². The predicted molar refractivity (Wildman–Crippen MR) is 149 cm³/mol. The zero-order chi connectivity index (χ0) is 24.4. The molecule has 4 aliphatic rings. The van der Waals surface area contributed by atoms with Crippen LogP contribution in [0.1, 0.15) is 22.5 Å². The van der Waals surface area contributed by atoms with Gasteiger partial charge in [0.05, 0.1) is 11.4 Å². The van der Waals surface area contributed by atoms with Crippen LogP contribution in [-0.2, 0) is 26.5 Å². The Balaban J connectivity index is 0.00000242. The number of fused-ring (bicyclic) bond motifs is 17. The number of hydrogen-bond donors (Lipinski definition) is 0. The van der Waals surface area contributed by atoms with Crippen LogP contribution in [0, 0.1) is 0 Å². The Bertz CT molecular complexity index is 1400. The van der Waals surface area contributed by atoms with E-state index in [4.69, 9.17) is 9.97 Å². The van der Waals surface area contributed by atoms with Gasteiger partial charge in [0.2, 0.25) is 0 Å². The van der Waals surface area contributed by atoms with Gasteiger partial charge in [-0.15, -0.1) is 0 Å². The molecule has 38 heavy (non-hydrogen) atoms. The maximum Gasteiger partial charge on any atom is 0.353 e. The molecule has 8 rings (SSSR count). The second-order valence-electron chi connectivity index (χ2n) is 10.3. The number of hydrogen-bond acceptors (Lipinski definition) is 6. The van der Waals surface area contributed by atoms with Crippen LogP contribution < -0.4 is 9.62 Å². The smallest absolute Gasteiger partial charge is 0.353 e. The minimum Gasteiger partial charge on any atom is -0.388 e. The van der Waals surface area contributed by atoms with E-state index in [0.29, 0.717) is 0 Å². The van der Waals surface area contributed by atoms with Gasteiger partial charge in [0.25, 0.3) is 0 Å². The van der Waals surface area contributed by atoms with Crippen molar-refractivity contribution >= 4 is 26.7 Å². The second kappa shape index (κ2) is 9.37. The fraction of sp³-hybridized carbons (Fsp3) is 0.241. The molecule has 1 aliphatic carbocycles. The first kappa shape index (κ1) is 24.1. The van der Waals surface area contributed by atoms with Crippen molar-refractivity contribution in [2.45, 2.75) is 5.41 Å². The standard InChI is InChI=1S/C29H26B2N6.Pt/c1-3-9-23-21(7-1)22-8-2-4-10-24(22)29(23)25-11-5-13-27(32-25)36-19-17-34(30-36)15-16-35-18-20-37(31-35)28-14-6-12-26(29)33-28;/h1-14H,15-20H2;. The molecule has 3 aliphatic heterocycles. The molecule has 188 valence electrons. The summed E-state index contributed by atoms with van der Waals surface area (Å²) in [6.07, 6.45) is 0. The van der Waals surface area contributed by atoms with Crippen LogP contribution in [0.5, 0.6) is 0 Å². The van der Waals surface area contributed by atoms with Gasteiger partial charge < -0.3 is 19.2 Å². The van der Waals surface area contributed by atoms with E-state index in [2.05, 4.69) is 119 Å². The van der Waals surface area contributed by atoms with E-state index in [1.165, 1.54) is 22.3 Å². The van der Waals surface area contributed by atoms with Crippen molar-refractivity contribution in [1.82, 2.24) is 19.6 Å². The predicted octanol–water partition coefficient (Wildman–Crippen LogP) is 3.16. The second-order valence-corrected chi connectivity index (χ2v) is 10.3. The van der Waals surface area contributed by atoms with E-state index in [9.17, 15) is 0 Å². The van der Waals surface area contributed by atoms with E-state index in [1.807, 2.05) is 0 Å². The van der Waals surface area contributed by atoms with Gasteiger partial charge in [-0.2, -0.15) is 0 Å². The van der Waals surface area contributed by atoms with Crippen molar-refractivity contribution in [1.29, 1.82) is 0 Å². The Kier molecular flexibility index (Phi) is 5.95. The summed E-state index contributed by atoms with van der Waals surface area (Å²) in [4.78, 5) is 20.2. The number of aromatic nitrogens is 2. The first-order valence-electron chi connectivity index (χ1n) is 13.2. The molecular formula is C29H26B2N6Pt. The van der Waals surface area contributed by atoms with Gasteiger partial charge in [-0.1, -0.05) is 60.7 Å². The molecule has 9 heteroatoms. The maximum absolute atomic E-state index is 5.39. The molecule has 2 unspecified atom stereocenters. The monoisotopic (exact) mass is 675 g/mol. The summed E-state index contributed by atoms with van der Waals surface area (Å²) in [5.41, 5.74) is 6.43. The van der Waals surface area contributed by atoms with Gasteiger partial charge in [-0.3, -0.25) is 0 Å². The molecule has 2 fully saturated rings. The molecule has 2 saturated heterocycles. The van der Waals surface area contributed by atoms with Gasteiger partial charge in [0.1, 0.15) is 17.1 Å². The molecule has 2 radical (unpaired) electrons. The molecule has 5 heterocycles. The molecule has 2 aromatic carbocycles. The largest absolute Gasteiger partial charge is 0.388 e. The van der Waals surface area contributed by atoms with E-state index in [0.717, 1.165) is 62.3 Å². The quantitative estimate of drug-likeness (QED) is 0.235. The molecule has 0 saturated carbocycles. The fourth-order valence-corrected chi connectivity index (χ4v) is 6.54. The number of benzene rings is 2. The Labute approximate surface area is 239 Å². The van der Waals surface area contributed by atoms with Gasteiger partial charge in [-0.05, 0) is 46.5 Å². The van der Waals surface area contributed by atoms with Crippen LogP contribution in [-0.4, -0.2) is 74.0 Å². The molecule has 0 amide bonds. The summed E-state index contributed by atoms with van der Waals surface area (Å²) in [5.74, 6) is 1.98. The third-order valence-corrected chi connectivity index (χ3v) is 8.31. The van der Waals surface area contributed by atoms with Crippen LogP contribution in [0.15, 0.2) is 84.9 Å². The summed E-state index contributed by atoms with van der Waals surface area (Å²) in [6.45, 7) is 5.92. The SMILES string of the molecule is [B]1N2CCN3[B]N(CC3)c3cccc(n3)C3(c4cccc(n4)N1CC2)c1ccccc1-c1ccccc13.[Pt]. The average molecular weight is 675 g/mol. The molecular weight excluding hydrogens is 649 g/mol. The van der Waals surface area contributed by atoms with Crippen LogP contribution >= 0.6 is 0 Å².